The van der Waals surface area contributed by atoms with Crippen LogP contribution in [-0.2, 0) is 0 Å². The van der Waals surface area contributed by atoms with Crippen LogP contribution >= 0.6 is 0 Å². The minimum atomic E-state index is 0.257. The lowest BCUT2D eigenvalue weighted by molar-refractivity contribution is 0.416. The zero-order valence-electron chi connectivity index (χ0n) is 13.4. The van der Waals surface area contributed by atoms with E-state index in [-0.39, 0.29) is 5.88 Å². The second kappa shape index (κ2) is 6.82. The van der Waals surface area contributed by atoms with Crippen LogP contribution < -0.4 is 20.5 Å². The van der Waals surface area contributed by atoms with Crippen LogP contribution in [-0.4, -0.2) is 22.1 Å². The van der Waals surface area contributed by atoms with E-state index in [9.17, 15) is 0 Å². The molecule has 0 aliphatic rings. The lowest BCUT2D eigenvalue weighted by Gasteiger charge is -2.14. The van der Waals surface area contributed by atoms with Crippen molar-refractivity contribution in [2.45, 2.75) is 6.92 Å². The molecular weight excluding hydrogens is 306 g/mol. The summed E-state index contributed by atoms with van der Waals surface area (Å²) in [4.78, 5) is 12.3. The molecule has 0 spiro atoms. The number of nitrogens with one attached hydrogen (secondary N) is 1. The monoisotopic (exact) mass is 323 g/mol. The molecule has 3 rings (SSSR count). The summed E-state index contributed by atoms with van der Waals surface area (Å²) in [5, 5.41) is 3.16. The number of aromatic nitrogens is 3. The number of ether oxygens (including phenoxy) is 2. The summed E-state index contributed by atoms with van der Waals surface area (Å²) in [7, 11) is 1.61. The molecule has 0 bridgehead atoms. The summed E-state index contributed by atoms with van der Waals surface area (Å²) in [6, 6.07) is 9.32. The van der Waals surface area contributed by atoms with Crippen molar-refractivity contribution in [2.75, 3.05) is 18.2 Å². The Morgan fingerprint density at radius 1 is 1.17 bits per heavy atom. The van der Waals surface area contributed by atoms with Crippen molar-refractivity contribution >= 4 is 17.2 Å². The van der Waals surface area contributed by atoms with E-state index in [1.807, 2.05) is 25.1 Å². The maximum absolute atomic E-state index is 6.13. The Labute approximate surface area is 139 Å². The average Bonchev–Trinajstić information content (AvgIpc) is 2.60. The van der Waals surface area contributed by atoms with E-state index in [1.165, 1.54) is 6.33 Å². The zero-order chi connectivity index (χ0) is 16.9. The first-order chi connectivity index (χ1) is 11.7. The number of pyridine rings is 1. The second-order valence-corrected chi connectivity index (χ2v) is 5.06. The summed E-state index contributed by atoms with van der Waals surface area (Å²) in [6.45, 7) is 1.99. The highest BCUT2D eigenvalue weighted by atomic mass is 16.5. The van der Waals surface area contributed by atoms with Gasteiger partial charge in [-0.1, -0.05) is 6.07 Å². The van der Waals surface area contributed by atoms with Crippen molar-refractivity contribution in [3.63, 3.8) is 0 Å². The Morgan fingerprint density at radius 2 is 2.04 bits per heavy atom. The molecule has 0 radical (unpaired) electrons. The standard InChI is InChI=1S/C17H17N5O2/c1-11-5-6-14(23-2)13(8-11)22-16-15(18)17(21-10-20-16)24-12-4-3-7-19-9-12/h3-10H,18H2,1-2H3,(H,20,21,22). The van der Waals surface area contributed by atoms with Crippen molar-refractivity contribution in [1.82, 2.24) is 15.0 Å². The van der Waals surface area contributed by atoms with Gasteiger partial charge < -0.3 is 20.5 Å². The summed E-state index contributed by atoms with van der Waals surface area (Å²) >= 11 is 0. The number of nitrogen functional groups attached to an aromatic ring is 1. The van der Waals surface area contributed by atoms with Gasteiger partial charge in [-0.3, -0.25) is 4.98 Å². The SMILES string of the molecule is COc1ccc(C)cc1Nc1ncnc(Oc2cccnc2)c1N. The number of hydrogen-bond donors (Lipinski definition) is 2. The Bertz CT molecular complexity index is 840. The van der Waals surface area contributed by atoms with Crippen molar-refractivity contribution in [2.24, 2.45) is 0 Å². The Kier molecular flexibility index (Phi) is 4.42. The smallest absolute Gasteiger partial charge is 0.248 e. The van der Waals surface area contributed by atoms with E-state index in [0.29, 0.717) is 23.0 Å². The molecule has 2 aromatic heterocycles. The van der Waals surface area contributed by atoms with Gasteiger partial charge >= 0.3 is 0 Å². The van der Waals surface area contributed by atoms with E-state index in [1.54, 1.807) is 31.6 Å². The molecule has 0 amide bonds. The third-order valence-corrected chi connectivity index (χ3v) is 3.30. The fourth-order valence-corrected chi connectivity index (χ4v) is 2.13. The molecule has 0 fully saturated rings. The number of hydrogen-bond acceptors (Lipinski definition) is 7. The van der Waals surface area contributed by atoms with Gasteiger partial charge in [0, 0.05) is 6.20 Å². The first-order valence-corrected chi connectivity index (χ1v) is 7.27. The van der Waals surface area contributed by atoms with Gasteiger partial charge in [-0.2, -0.15) is 4.98 Å². The third kappa shape index (κ3) is 3.35. The average molecular weight is 323 g/mol. The number of nitrogens with zero attached hydrogens (tertiary/aromatic N) is 3. The highest BCUT2D eigenvalue weighted by molar-refractivity contribution is 5.75. The number of rotatable bonds is 5. The van der Waals surface area contributed by atoms with Crippen LogP contribution in [0.4, 0.5) is 17.2 Å². The van der Waals surface area contributed by atoms with Gasteiger partial charge in [0.05, 0.1) is 19.0 Å². The highest BCUT2D eigenvalue weighted by Crippen LogP contribution is 2.33. The molecule has 2 heterocycles. The normalized spacial score (nSPS) is 10.2. The summed E-state index contributed by atoms with van der Waals surface area (Å²) in [5.74, 6) is 1.93. The van der Waals surface area contributed by atoms with Gasteiger partial charge in [0.2, 0.25) is 5.88 Å². The maximum atomic E-state index is 6.13. The van der Waals surface area contributed by atoms with Crippen LogP contribution in [0.25, 0.3) is 0 Å². The van der Waals surface area contributed by atoms with Crippen LogP contribution in [0, 0.1) is 6.92 Å². The second-order valence-electron chi connectivity index (χ2n) is 5.06. The molecule has 0 saturated heterocycles. The van der Waals surface area contributed by atoms with Gasteiger partial charge in [-0.05, 0) is 36.8 Å². The van der Waals surface area contributed by atoms with E-state index in [4.69, 9.17) is 15.2 Å². The zero-order valence-corrected chi connectivity index (χ0v) is 13.4. The molecule has 7 nitrogen and oxygen atoms in total. The molecule has 3 aromatic rings. The number of benzene rings is 1. The van der Waals surface area contributed by atoms with Crippen LogP contribution in [0.1, 0.15) is 5.56 Å². The molecule has 7 heteroatoms. The van der Waals surface area contributed by atoms with Crippen molar-refractivity contribution in [1.29, 1.82) is 0 Å². The molecule has 0 unspecified atom stereocenters. The topological polar surface area (TPSA) is 95.2 Å². The minimum Gasteiger partial charge on any atom is -0.495 e. The lowest BCUT2D eigenvalue weighted by atomic mass is 10.2. The Balaban J connectivity index is 1.90. The molecule has 24 heavy (non-hydrogen) atoms. The third-order valence-electron chi connectivity index (χ3n) is 3.30. The van der Waals surface area contributed by atoms with E-state index >= 15 is 0 Å². The van der Waals surface area contributed by atoms with E-state index < -0.39 is 0 Å². The van der Waals surface area contributed by atoms with Gasteiger partial charge in [0.15, 0.2) is 5.82 Å². The van der Waals surface area contributed by atoms with Crippen molar-refractivity contribution in [3.05, 3.63) is 54.6 Å². The number of nitrogens with two attached hydrogens (primary N) is 1. The van der Waals surface area contributed by atoms with Gasteiger partial charge in [0.25, 0.3) is 0 Å². The molecule has 0 atom stereocenters. The van der Waals surface area contributed by atoms with Gasteiger partial charge in [-0.25, -0.2) is 4.98 Å². The summed E-state index contributed by atoms with van der Waals surface area (Å²) < 4.78 is 11.0. The number of methoxy groups -OCH3 is 1. The predicted octanol–water partition coefficient (Wildman–Crippen LogP) is 3.31. The molecule has 122 valence electrons. The quantitative estimate of drug-likeness (QED) is 0.743. The van der Waals surface area contributed by atoms with E-state index in [0.717, 1.165) is 11.3 Å². The Hall–Kier alpha value is -3.35. The minimum absolute atomic E-state index is 0.257. The van der Waals surface area contributed by atoms with Gasteiger partial charge in [0.1, 0.15) is 23.5 Å². The molecular formula is C17H17N5O2. The first-order valence-electron chi connectivity index (χ1n) is 7.27. The van der Waals surface area contributed by atoms with Crippen LogP contribution in [0.3, 0.4) is 0 Å². The maximum Gasteiger partial charge on any atom is 0.248 e. The molecule has 0 aliphatic heterocycles. The Morgan fingerprint density at radius 3 is 2.79 bits per heavy atom. The lowest BCUT2D eigenvalue weighted by Crippen LogP contribution is -2.04. The predicted molar refractivity (Wildman–Crippen MR) is 91.8 cm³/mol. The first kappa shape index (κ1) is 15.5. The molecule has 3 N–H and O–H groups in total. The van der Waals surface area contributed by atoms with E-state index in [2.05, 4.69) is 20.3 Å². The summed E-state index contributed by atoms with van der Waals surface area (Å²) in [6.07, 6.45) is 4.62. The van der Waals surface area contributed by atoms with Gasteiger partial charge in [-0.15, -0.1) is 0 Å². The molecule has 0 aliphatic carbocycles. The largest absolute Gasteiger partial charge is 0.495 e. The fraction of sp³-hybridized carbons (Fsp3) is 0.118. The molecule has 1 aromatic carbocycles. The molecule has 0 saturated carbocycles. The van der Waals surface area contributed by atoms with Crippen LogP contribution in [0.2, 0.25) is 0 Å². The number of aryl methyl sites for hydroxylation is 1. The van der Waals surface area contributed by atoms with Crippen LogP contribution in [0.15, 0.2) is 49.1 Å². The van der Waals surface area contributed by atoms with Crippen molar-refractivity contribution < 1.29 is 9.47 Å². The van der Waals surface area contributed by atoms with Crippen LogP contribution in [0.5, 0.6) is 17.4 Å². The summed E-state index contributed by atoms with van der Waals surface area (Å²) in [5.41, 5.74) is 8.27. The van der Waals surface area contributed by atoms with Crippen molar-refractivity contribution in [3.8, 4) is 17.4 Å². The highest BCUT2D eigenvalue weighted by Gasteiger charge is 2.12. The number of anilines is 3. The fourth-order valence-electron chi connectivity index (χ4n) is 2.13.